The zero-order valence-electron chi connectivity index (χ0n) is 10.4. The minimum atomic E-state index is -4.87. The van der Waals surface area contributed by atoms with E-state index in [0.29, 0.717) is 12.5 Å². The molecule has 20 heavy (non-hydrogen) atoms. The third-order valence-corrected chi connectivity index (χ3v) is 3.58. The van der Waals surface area contributed by atoms with Crippen molar-refractivity contribution >= 4 is 5.78 Å². The normalized spacial score (nSPS) is 27.7. The number of hydrogen-bond acceptors (Lipinski definition) is 3. The highest BCUT2D eigenvalue weighted by atomic mass is 19.4. The highest BCUT2D eigenvalue weighted by Gasteiger charge is 2.46. The monoisotopic (exact) mass is 291 g/mol. The van der Waals surface area contributed by atoms with Crippen LogP contribution in [-0.4, -0.2) is 17.0 Å². The van der Waals surface area contributed by atoms with Crippen LogP contribution in [0.15, 0.2) is 18.2 Å². The van der Waals surface area contributed by atoms with Crippen LogP contribution in [0.1, 0.15) is 30.4 Å². The fourth-order valence-corrected chi connectivity index (χ4v) is 2.49. The Kier molecular flexibility index (Phi) is 3.60. The van der Waals surface area contributed by atoms with Gasteiger partial charge in [0.25, 0.3) is 0 Å². The van der Waals surface area contributed by atoms with Crippen molar-refractivity contribution in [2.45, 2.75) is 37.1 Å². The summed E-state index contributed by atoms with van der Waals surface area (Å²) in [7, 11) is 0. The average Bonchev–Trinajstić information content (AvgIpc) is 2.34. The zero-order valence-corrected chi connectivity index (χ0v) is 10.4. The molecule has 0 amide bonds. The molecule has 1 saturated carbocycles. The van der Waals surface area contributed by atoms with Crippen LogP contribution in [0.3, 0.4) is 0 Å². The number of rotatable bonds is 1. The van der Waals surface area contributed by atoms with E-state index in [-0.39, 0.29) is 12.8 Å². The van der Waals surface area contributed by atoms with Crippen LogP contribution in [0, 0.1) is 5.82 Å². The second kappa shape index (κ2) is 4.82. The smallest absolute Gasteiger partial charge is 0.385 e. The summed E-state index contributed by atoms with van der Waals surface area (Å²) in [6.07, 6.45) is -5.73. The van der Waals surface area contributed by atoms with Crippen LogP contribution in [-0.2, 0) is 16.5 Å². The van der Waals surface area contributed by atoms with Crippen LogP contribution < -0.4 is 5.73 Å². The van der Waals surface area contributed by atoms with Crippen molar-refractivity contribution in [3.8, 4) is 0 Å². The van der Waals surface area contributed by atoms with Gasteiger partial charge in [0, 0.05) is 5.56 Å². The van der Waals surface area contributed by atoms with E-state index in [1.165, 1.54) is 0 Å². The molecule has 2 atom stereocenters. The molecule has 0 bridgehead atoms. The zero-order chi connectivity index (χ0) is 15.1. The number of halogens is 4. The molecule has 1 aliphatic carbocycles. The summed E-state index contributed by atoms with van der Waals surface area (Å²) >= 11 is 0. The number of nitrogens with two attached hydrogens (primary N) is 1. The van der Waals surface area contributed by atoms with E-state index in [1.807, 2.05) is 0 Å². The summed E-state index contributed by atoms with van der Waals surface area (Å²) < 4.78 is 52.1. The van der Waals surface area contributed by atoms with E-state index in [0.717, 1.165) is 12.1 Å². The van der Waals surface area contributed by atoms with Gasteiger partial charge in [-0.25, -0.2) is 4.39 Å². The Morgan fingerprint density at radius 3 is 2.60 bits per heavy atom. The Morgan fingerprint density at radius 2 is 2.00 bits per heavy atom. The van der Waals surface area contributed by atoms with Gasteiger partial charge in [0.15, 0.2) is 5.78 Å². The third-order valence-electron chi connectivity index (χ3n) is 3.58. The number of Topliss-reactive ketones (excluding diaryl/α,β-unsaturated/α-hetero) is 1. The van der Waals surface area contributed by atoms with Crippen LogP contribution in [0.2, 0.25) is 0 Å². The molecule has 1 fully saturated rings. The van der Waals surface area contributed by atoms with Gasteiger partial charge < -0.3 is 10.8 Å². The highest BCUT2D eigenvalue weighted by molar-refractivity contribution is 5.93. The molecule has 1 aliphatic rings. The summed E-state index contributed by atoms with van der Waals surface area (Å²) in [5, 5.41) is 9.52. The van der Waals surface area contributed by atoms with Gasteiger partial charge in [-0.1, -0.05) is 12.1 Å². The lowest BCUT2D eigenvalue weighted by molar-refractivity contribution is -0.141. The van der Waals surface area contributed by atoms with Crippen molar-refractivity contribution in [2.24, 2.45) is 5.73 Å². The lowest BCUT2D eigenvalue weighted by Gasteiger charge is -2.35. The molecule has 0 saturated heterocycles. The van der Waals surface area contributed by atoms with Crippen molar-refractivity contribution in [3.05, 3.63) is 35.1 Å². The summed E-state index contributed by atoms with van der Waals surface area (Å²) in [5.74, 6) is -2.40. The average molecular weight is 291 g/mol. The fourth-order valence-electron chi connectivity index (χ4n) is 2.49. The number of hydrogen-bond donors (Lipinski definition) is 2. The van der Waals surface area contributed by atoms with E-state index in [9.17, 15) is 27.5 Å². The van der Waals surface area contributed by atoms with Crippen LogP contribution in [0.5, 0.6) is 0 Å². The number of carbonyl (C=O) groups excluding carboxylic acids is 1. The Balaban J connectivity index is 2.55. The number of aliphatic hydroxyl groups is 1. The van der Waals surface area contributed by atoms with Gasteiger partial charge in [-0.3, -0.25) is 4.79 Å². The number of ketones is 1. The molecule has 3 nitrogen and oxygen atoms in total. The predicted octanol–water partition coefficient (Wildman–Crippen LogP) is 2.11. The molecule has 2 rings (SSSR count). The molecule has 3 N–H and O–H groups in total. The maximum Gasteiger partial charge on any atom is 0.419 e. The van der Waals surface area contributed by atoms with Gasteiger partial charge in [-0.2, -0.15) is 13.2 Å². The lowest BCUT2D eigenvalue weighted by atomic mass is 9.74. The summed E-state index contributed by atoms with van der Waals surface area (Å²) in [6, 6.07) is 2.65. The minimum Gasteiger partial charge on any atom is -0.385 e. The molecule has 110 valence electrons. The van der Waals surface area contributed by atoms with Crippen molar-refractivity contribution in [2.75, 3.05) is 0 Å². The predicted molar refractivity (Wildman–Crippen MR) is 62.1 cm³/mol. The minimum absolute atomic E-state index is 0.00111. The summed E-state index contributed by atoms with van der Waals surface area (Å²) in [6.45, 7) is 0. The van der Waals surface area contributed by atoms with Gasteiger partial charge in [-0.05, 0) is 25.3 Å². The highest BCUT2D eigenvalue weighted by Crippen LogP contribution is 2.38. The van der Waals surface area contributed by atoms with E-state index >= 15 is 0 Å². The van der Waals surface area contributed by atoms with Crippen molar-refractivity contribution in [3.63, 3.8) is 0 Å². The van der Waals surface area contributed by atoms with E-state index < -0.39 is 40.5 Å². The van der Waals surface area contributed by atoms with Gasteiger partial charge >= 0.3 is 6.18 Å². The number of aliphatic hydroxyl groups excluding tert-OH is 1. The number of benzene rings is 1. The van der Waals surface area contributed by atoms with Gasteiger partial charge in [0.2, 0.25) is 0 Å². The number of carbonyl (C=O) groups is 1. The number of alkyl halides is 3. The first-order valence-corrected chi connectivity index (χ1v) is 6.05. The Labute approximate surface area is 112 Å². The second-order valence-electron chi connectivity index (χ2n) is 4.91. The van der Waals surface area contributed by atoms with Gasteiger partial charge in [0.1, 0.15) is 17.5 Å². The molecule has 2 unspecified atom stereocenters. The summed E-state index contributed by atoms with van der Waals surface area (Å²) in [4.78, 5) is 11.9. The van der Waals surface area contributed by atoms with Crippen LogP contribution in [0.25, 0.3) is 0 Å². The maximum atomic E-state index is 14.1. The van der Waals surface area contributed by atoms with Gasteiger partial charge in [-0.15, -0.1) is 0 Å². The molecular weight excluding hydrogens is 278 g/mol. The van der Waals surface area contributed by atoms with Crippen molar-refractivity contribution in [1.82, 2.24) is 0 Å². The molecule has 0 radical (unpaired) electrons. The molecule has 1 aromatic rings. The summed E-state index contributed by atoms with van der Waals surface area (Å²) in [5.41, 5.74) is 1.91. The largest absolute Gasteiger partial charge is 0.419 e. The molecule has 0 heterocycles. The van der Waals surface area contributed by atoms with Crippen LogP contribution in [0.4, 0.5) is 17.6 Å². The molecule has 7 heteroatoms. The van der Waals surface area contributed by atoms with E-state index in [4.69, 9.17) is 5.73 Å². The third kappa shape index (κ3) is 2.31. The Bertz CT molecular complexity index is 544. The quantitative estimate of drug-likeness (QED) is 0.779. The molecule has 0 spiro atoms. The van der Waals surface area contributed by atoms with Crippen molar-refractivity contribution in [1.29, 1.82) is 0 Å². The molecule has 1 aromatic carbocycles. The van der Waals surface area contributed by atoms with Crippen LogP contribution >= 0.6 is 0 Å². The Morgan fingerprint density at radius 1 is 1.35 bits per heavy atom. The molecule has 0 aromatic heterocycles. The standard InChI is InChI=1S/C13H13F4NO2/c14-10-7(3-1-4-8(10)13(15,16)17)12(18)6-2-5-9(19)11(12)20/h1,3-4,9,19H,2,5-6,18H2. The van der Waals surface area contributed by atoms with Gasteiger partial charge in [0.05, 0.1) is 5.56 Å². The van der Waals surface area contributed by atoms with E-state index in [1.54, 1.807) is 0 Å². The Hall–Kier alpha value is -1.47. The first-order valence-electron chi connectivity index (χ1n) is 6.05. The lowest BCUT2D eigenvalue weighted by Crippen LogP contribution is -2.53. The fraction of sp³-hybridized carbons (Fsp3) is 0.462. The topological polar surface area (TPSA) is 63.3 Å². The first kappa shape index (κ1) is 14.9. The van der Waals surface area contributed by atoms with Crippen molar-refractivity contribution < 1.29 is 27.5 Å². The maximum absolute atomic E-state index is 14.1. The second-order valence-corrected chi connectivity index (χ2v) is 4.91. The molecule has 0 aliphatic heterocycles. The molecular formula is C13H13F4NO2. The van der Waals surface area contributed by atoms with E-state index in [2.05, 4.69) is 0 Å². The first-order chi connectivity index (χ1) is 9.18. The SMILES string of the molecule is NC1(c2cccc(C(F)(F)F)c2F)CCCC(O)C1=O.